The lowest BCUT2D eigenvalue weighted by atomic mass is 9.96. The molecule has 0 saturated carbocycles. The second-order valence-electron chi connectivity index (χ2n) is 17.5. The molecule has 11 atom stereocenters. The first-order chi connectivity index (χ1) is 31.2. The van der Waals surface area contributed by atoms with Crippen LogP contribution in [0.5, 0.6) is 0 Å². The van der Waals surface area contributed by atoms with E-state index >= 15 is 0 Å². The van der Waals surface area contributed by atoms with Gasteiger partial charge in [-0.15, -0.1) is 6.58 Å². The predicted octanol–water partition coefficient (Wildman–Crippen LogP) is 6.61. The van der Waals surface area contributed by atoms with Gasteiger partial charge in [0.1, 0.15) is 48.8 Å². The molecule has 338 valence electrons. The molecule has 11 nitrogen and oxygen atoms in total. The van der Waals surface area contributed by atoms with Crippen LogP contribution in [-0.4, -0.2) is 99.8 Å². The largest absolute Gasteiger partial charge is 0.405 e. The van der Waals surface area contributed by atoms with Crippen molar-refractivity contribution >= 4 is 18.7 Å². The molecule has 2 N–H and O–H groups in total. The Morgan fingerprint density at radius 3 is 1.73 bits per heavy atom. The molecule has 5 aromatic rings. The second-order valence-corrected chi connectivity index (χ2v) is 21.8. The van der Waals surface area contributed by atoms with Gasteiger partial charge in [0.25, 0.3) is 8.32 Å². The summed E-state index contributed by atoms with van der Waals surface area (Å²) in [7, 11) is -3.14. The van der Waals surface area contributed by atoms with Crippen LogP contribution in [0.1, 0.15) is 43.8 Å². The molecule has 3 fully saturated rings. The third kappa shape index (κ3) is 10.3. The molecule has 8 rings (SSSR count). The number of hydrogen-bond donors (Lipinski definition) is 2. The van der Waals surface area contributed by atoms with Gasteiger partial charge in [0, 0.05) is 5.56 Å². The summed E-state index contributed by atoms with van der Waals surface area (Å²) < 4.78 is 59.7. The zero-order valence-corrected chi connectivity index (χ0v) is 37.7. The van der Waals surface area contributed by atoms with E-state index in [4.69, 9.17) is 42.3 Å². The van der Waals surface area contributed by atoms with Crippen molar-refractivity contribution in [2.24, 2.45) is 0 Å². The van der Waals surface area contributed by atoms with Crippen LogP contribution in [0, 0.1) is 0 Å². The molecule has 0 aliphatic carbocycles. The van der Waals surface area contributed by atoms with Crippen LogP contribution in [0.4, 0.5) is 0 Å². The van der Waals surface area contributed by atoms with Gasteiger partial charge in [-0.25, -0.2) is 0 Å². The highest BCUT2D eigenvalue weighted by atomic mass is 28.4. The third-order valence-electron chi connectivity index (χ3n) is 12.1. The number of aliphatic hydroxyl groups excluding tert-OH is 2. The quantitative estimate of drug-likeness (QED) is 0.0776. The van der Waals surface area contributed by atoms with Gasteiger partial charge in [0.2, 0.25) is 0 Å². The first-order valence-corrected chi connectivity index (χ1v) is 24.0. The van der Waals surface area contributed by atoms with E-state index in [1.807, 2.05) is 127 Å². The van der Waals surface area contributed by atoms with E-state index in [0.717, 1.165) is 27.1 Å². The fourth-order valence-electron chi connectivity index (χ4n) is 8.98. The summed E-state index contributed by atoms with van der Waals surface area (Å²) in [6.07, 6.45) is -9.61. The SMILES string of the molecule is C=CCO[C@@H]1[C@@H](O)[C@H](O[C@H]2[C@H](O)[C@@H](OCc3ccccc3)[C@@H](OCc3ccccc3)O[C@@H]2CO[Si](c2ccccc2)(c2ccccc2)C(C)(C)C)O[C@@H]2COC(c3ccccc3)O[C@H]12. The van der Waals surface area contributed by atoms with Crippen LogP contribution in [0.25, 0.3) is 0 Å². The molecule has 3 aliphatic heterocycles. The number of ether oxygens (including phenoxy) is 8. The van der Waals surface area contributed by atoms with Crippen molar-refractivity contribution in [2.75, 3.05) is 19.8 Å². The average molecular weight is 889 g/mol. The molecule has 0 aromatic heterocycles. The summed E-state index contributed by atoms with van der Waals surface area (Å²) in [5.74, 6) is 0. The molecule has 0 amide bonds. The predicted molar refractivity (Wildman–Crippen MR) is 244 cm³/mol. The zero-order valence-electron chi connectivity index (χ0n) is 36.7. The Hall–Kier alpha value is -4.38. The van der Waals surface area contributed by atoms with E-state index in [-0.39, 0.29) is 38.1 Å². The molecule has 12 heteroatoms. The Bertz CT molecular complexity index is 2120. The van der Waals surface area contributed by atoms with Crippen LogP contribution in [0.15, 0.2) is 164 Å². The van der Waals surface area contributed by atoms with Crippen LogP contribution in [0.2, 0.25) is 5.04 Å². The first kappa shape index (κ1) is 46.2. The molecular weight excluding hydrogens is 829 g/mol. The van der Waals surface area contributed by atoms with Gasteiger partial charge in [-0.3, -0.25) is 0 Å². The lowest BCUT2D eigenvalue weighted by molar-refractivity contribution is -0.390. The highest BCUT2D eigenvalue weighted by molar-refractivity contribution is 6.99. The van der Waals surface area contributed by atoms with Gasteiger partial charge < -0.3 is 52.5 Å². The maximum atomic E-state index is 12.7. The highest BCUT2D eigenvalue weighted by Crippen LogP contribution is 2.40. The van der Waals surface area contributed by atoms with Gasteiger partial charge in [0.05, 0.1) is 33.0 Å². The highest BCUT2D eigenvalue weighted by Gasteiger charge is 2.56. The maximum absolute atomic E-state index is 12.7. The summed E-state index contributed by atoms with van der Waals surface area (Å²) >= 11 is 0. The number of aliphatic hydroxyl groups is 2. The van der Waals surface area contributed by atoms with Crippen LogP contribution in [0.3, 0.4) is 0 Å². The molecule has 0 radical (unpaired) electrons. The van der Waals surface area contributed by atoms with Crippen molar-refractivity contribution in [1.82, 2.24) is 0 Å². The number of rotatable bonds is 17. The lowest BCUT2D eigenvalue weighted by Gasteiger charge is -2.50. The van der Waals surface area contributed by atoms with E-state index < -0.39 is 76.0 Å². The first-order valence-electron chi connectivity index (χ1n) is 22.1. The molecule has 1 unspecified atom stereocenters. The molecular formula is C52H60O11Si. The van der Waals surface area contributed by atoms with Gasteiger partial charge in [-0.2, -0.15) is 0 Å². The fourth-order valence-corrected chi connectivity index (χ4v) is 13.5. The Balaban J connectivity index is 1.14. The minimum atomic E-state index is -3.14. The molecule has 64 heavy (non-hydrogen) atoms. The van der Waals surface area contributed by atoms with E-state index in [0.29, 0.717) is 0 Å². The summed E-state index contributed by atoms with van der Waals surface area (Å²) in [5, 5.41) is 26.7. The second kappa shape index (κ2) is 21.3. The van der Waals surface area contributed by atoms with Crippen LogP contribution in [-0.2, 0) is 55.5 Å². The van der Waals surface area contributed by atoms with Crippen molar-refractivity contribution in [3.8, 4) is 0 Å². The van der Waals surface area contributed by atoms with Gasteiger partial charge in [0.15, 0.2) is 18.9 Å². The van der Waals surface area contributed by atoms with E-state index in [2.05, 4.69) is 51.6 Å². The van der Waals surface area contributed by atoms with Crippen molar-refractivity contribution < 1.29 is 52.5 Å². The Labute approximate surface area is 377 Å². The zero-order chi connectivity index (χ0) is 44.5. The number of benzene rings is 5. The maximum Gasteiger partial charge on any atom is 0.261 e. The minimum Gasteiger partial charge on any atom is -0.405 e. The van der Waals surface area contributed by atoms with Crippen LogP contribution >= 0.6 is 0 Å². The summed E-state index contributed by atoms with van der Waals surface area (Å²) in [5.41, 5.74) is 2.65. The molecule has 3 heterocycles. The molecule has 0 spiro atoms. The topological polar surface area (TPSA) is 124 Å². The minimum absolute atomic E-state index is 0.0121. The molecule has 5 aromatic carbocycles. The summed E-state index contributed by atoms with van der Waals surface area (Å²) in [6, 6.07) is 49.7. The van der Waals surface area contributed by atoms with E-state index in [1.165, 1.54) is 0 Å². The summed E-state index contributed by atoms with van der Waals surface area (Å²) in [4.78, 5) is 0. The standard InChI is InChI=1S/C52H60O11Si/c1-5-31-55-47-44(54)50(60-41-34-58-49(63-46(41)47)38-25-15-8-16-26-38)62-45-42(35-59-64(52(2,3)4,39-27-17-9-18-28-39)40-29-19-10-20-30-40)61-51(57-33-37-23-13-7-14-24-37)48(43(45)53)56-32-36-21-11-6-12-22-36/h5-30,41-51,53-54H,1,31-35H2,2-4H3/t41-,42-,43+,44-,45-,46+,47-,48-,49?,50+,51+/m1/s1. The van der Waals surface area contributed by atoms with E-state index in [9.17, 15) is 10.2 Å². The summed E-state index contributed by atoms with van der Waals surface area (Å²) in [6.45, 7) is 11.0. The lowest BCUT2D eigenvalue weighted by Crippen LogP contribution is -2.69. The Morgan fingerprint density at radius 2 is 1.17 bits per heavy atom. The van der Waals surface area contributed by atoms with Crippen molar-refractivity contribution in [3.05, 3.63) is 181 Å². The molecule has 3 aliphatic rings. The number of hydrogen-bond acceptors (Lipinski definition) is 11. The average Bonchev–Trinajstić information content (AvgIpc) is 3.32. The van der Waals surface area contributed by atoms with Gasteiger partial charge in [-0.1, -0.05) is 179 Å². The monoisotopic (exact) mass is 888 g/mol. The fraction of sp³-hybridized carbons (Fsp3) is 0.385. The van der Waals surface area contributed by atoms with Gasteiger partial charge >= 0.3 is 0 Å². The van der Waals surface area contributed by atoms with Crippen LogP contribution < -0.4 is 10.4 Å². The van der Waals surface area contributed by atoms with Crippen molar-refractivity contribution in [3.63, 3.8) is 0 Å². The normalized spacial score (nSPS) is 28.5. The van der Waals surface area contributed by atoms with Crippen molar-refractivity contribution in [1.29, 1.82) is 0 Å². The van der Waals surface area contributed by atoms with Crippen molar-refractivity contribution in [2.45, 2.75) is 107 Å². The molecule has 3 saturated heterocycles. The smallest absolute Gasteiger partial charge is 0.261 e. The Morgan fingerprint density at radius 1 is 0.625 bits per heavy atom. The Kier molecular flexibility index (Phi) is 15.4. The van der Waals surface area contributed by atoms with E-state index in [1.54, 1.807) is 6.08 Å². The third-order valence-corrected chi connectivity index (χ3v) is 17.1. The van der Waals surface area contributed by atoms with Gasteiger partial charge in [-0.05, 0) is 26.5 Å². The number of fused-ring (bicyclic) bond motifs is 1. The molecule has 0 bridgehead atoms.